The highest BCUT2D eigenvalue weighted by Crippen LogP contribution is 2.34. The molecule has 1 heterocycles. The summed E-state index contributed by atoms with van der Waals surface area (Å²) in [4.78, 5) is 12.1. The smallest absolute Gasteiger partial charge is 0.416 e. The lowest BCUT2D eigenvalue weighted by Crippen LogP contribution is -2.38. The van der Waals surface area contributed by atoms with Crippen molar-refractivity contribution in [3.8, 4) is 5.75 Å². The normalized spacial score (nSPS) is 16.2. The molecule has 0 bridgehead atoms. The third-order valence-corrected chi connectivity index (χ3v) is 3.92. The minimum absolute atomic E-state index is 0.0425. The van der Waals surface area contributed by atoms with Gasteiger partial charge >= 0.3 is 6.18 Å². The van der Waals surface area contributed by atoms with Gasteiger partial charge in [-0.3, -0.25) is 4.79 Å². The van der Waals surface area contributed by atoms with Gasteiger partial charge in [0.2, 0.25) is 5.91 Å². The van der Waals surface area contributed by atoms with Crippen LogP contribution in [0.2, 0.25) is 0 Å². The van der Waals surface area contributed by atoms with Gasteiger partial charge in [-0.05, 0) is 57.5 Å². The molecule has 1 amide bonds. The molecule has 2 N–H and O–H groups in total. The first-order chi connectivity index (χ1) is 11.3. The van der Waals surface area contributed by atoms with Crippen molar-refractivity contribution < 1.29 is 22.7 Å². The van der Waals surface area contributed by atoms with Crippen LogP contribution in [0, 0.1) is 5.92 Å². The maximum absolute atomic E-state index is 13.3. The lowest BCUT2D eigenvalue weighted by atomic mass is 9.97. The minimum atomic E-state index is -4.49. The van der Waals surface area contributed by atoms with Crippen LogP contribution in [0.3, 0.4) is 0 Å². The number of hydrogen-bond donors (Lipinski definition) is 2. The molecule has 1 aliphatic heterocycles. The van der Waals surface area contributed by atoms with E-state index in [9.17, 15) is 18.0 Å². The molecular formula is C17H23F3N2O2. The zero-order chi connectivity index (χ0) is 17.7. The molecule has 0 aromatic heterocycles. The van der Waals surface area contributed by atoms with Crippen LogP contribution in [0.5, 0.6) is 5.75 Å². The predicted molar refractivity (Wildman–Crippen MR) is 84.6 cm³/mol. The number of nitrogens with one attached hydrogen (secondary N) is 2. The van der Waals surface area contributed by atoms with Crippen molar-refractivity contribution in [3.05, 3.63) is 29.3 Å². The number of rotatable bonds is 5. The van der Waals surface area contributed by atoms with Crippen LogP contribution in [-0.4, -0.2) is 25.1 Å². The quantitative estimate of drug-likeness (QED) is 0.863. The molecule has 1 aliphatic rings. The van der Waals surface area contributed by atoms with E-state index in [0.717, 1.165) is 19.2 Å². The van der Waals surface area contributed by atoms with Gasteiger partial charge in [-0.25, -0.2) is 0 Å². The van der Waals surface area contributed by atoms with Gasteiger partial charge in [-0.1, -0.05) is 6.07 Å². The maximum Gasteiger partial charge on any atom is 0.416 e. The molecule has 2 rings (SSSR count). The van der Waals surface area contributed by atoms with Crippen LogP contribution in [0.15, 0.2) is 18.2 Å². The summed E-state index contributed by atoms with van der Waals surface area (Å²) in [5.41, 5.74) is -0.729. The highest BCUT2D eigenvalue weighted by Gasteiger charge is 2.34. The lowest BCUT2D eigenvalue weighted by molar-refractivity contribution is -0.138. The fraction of sp³-hybridized carbons (Fsp3) is 0.588. The number of amides is 1. The molecule has 1 aromatic rings. The Morgan fingerprint density at radius 2 is 2.00 bits per heavy atom. The van der Waals surface area contributed by atoms with E-state index in [1.165, 1.54) is 12.1 Å². The van der Waals surface area contributed by atoms with Crippen LogP contribution >= 0.6 is 0 Å². The number of halogens is 3. The fourth-order valence-corrected chi connectivity index (χ4v) is 2.73. The van der Waals surface area contributed by atoms with Gasteiger partial charge in [0.15, 0.2) is 0 Å². The van der Waals surface area contributed by atoms with Crippen molar-refractivity contribution in [1.82, 2.24) is 10.6 Å². The number of piperidine rings is 1. The molecule has 4 nitrogen and oxygen atoms in total. The highest BCUT2D eigenvalue weighted by atomic mass is 19.4. The Balaban J connectivity index is 2.09. The first kappa shape index (κ1) is 18.6. The number of hydrogen-bond acceptors (Lipinski definition) is 3. The van der Waals surface area contributed by atoms with Gasteiger partial charge in [0, 0.05) is 12.5 Å². The molecule has 1 aromatic carbocycles. The summed E-state index contributed by atoms with van der Waals surface area (Å²) in [6.45, 7) is 4.88. The summed E-state index contributed by atoms with van der Waals surface area (Å²) in [6, 6.07) is 3.86. The van der Waals surface area contributed by atoms with Crippen molar-refractivity contribution in [2.45, 2.75) is 45.5 Å². The van der Waals surface area contributed by atoms with Crippen LogP contribution in [0.1, 0.15) is 37.8 Å². The largest absolute Gasteiger partial charge is 0.491 e. The van der Waals surface area contributed by atoms with Gasteiger partial charge in [-0.15, -0.1) is 0 Å². The standard InChI is InChI=1S/C17H23F3N2O2/c1-11(2)24-14-4-3-13(15(9-14)17(18,19)20)10-22-16(23)12-5-7-21-8-6-12/h3-4,9,11-12,21H,5-8,10H2,1-2H3,(H,22,23). The van der Waals surface area contributed by atoms with E-state index in [1.807, 2.05) is 0 Å². The van der Waals surface area contributed by atoms with Gasteiger partial charge in [-0.2, -0.15) is 13.2 Å². The zero-order valence-corrected chi connectivity index (χ0v) is 13.9. The second kappa shape index (κ2) is 7.88. The number of carbonyl (C=O) groups is 1. The van der Waals surface area contributed by atoms with Gasteiger partial charge in [0.1, 0.15) is 5.75 Å². The third-order valence-electron chi connectivity index (χ3n) is 3.92. The molecule has 1 fully saturated rings. The van der Waals surface area contributed by atoms with Gasteiger partial charge in [0.05, 0.1) is 11.7 Å². The van der Waals surface area contributed by atoms with Crippen LogP contribution in [0.25, 0.3) is 0 Å². The van der Waals surface area contributed by atoms with Crippen molar-refractivity contribution in [2.24, 2.45) is 5.92 Å². The highest BCUT2D eigenvalue weighted by molar-refractivity contribution is 5.78. The van der Waals surface area contributed by atoms with Gasteiger partial charge in [0.25, 0.3) is 0 Å². The van der Waals surface area contributed by atoms with E-state index >= 15 is 0 Å². The van der Waals surface area contributed by atoms with E-state index in [0.29, 0.717) is 12.8 Å². The molecule has 7 heteroatoms. The number of alkyl halides is 3. The topological polar surface area (TPSA) is 50.4 Å². The summed E-state index contributed by atoms with van der Waals surface area (Å²) in [7, 11) is 0. The minimum Gasteiger partial charge on any atom is -0.491 e. The zero-order valence-electron chi connectivity index (χ0n) is 13.9. The van der Waals surface area contributed by atoms with E-state index in [1.54, 1.807) is 13.8 Å². The summed E-state index contributed by atoms with van der Waals surface area (Å²) >= 11 is 0. The fourth-order valence-electron chi connectivity index (χ4n) is 2.73. The molecule has 0 aliphatic carbocycles. The summed E-state index contributed by atoms with van der Waals surface area (Å²) in [5.74, 6) is -0.151. The molecule has 0 saturated carbocycles. The molecule has 24 heavy (non-hydrogen) atoms. The monoisotopic (exact) mass is 344 g/mol. The molecular weight excluding hydrogens is 321 g/mol. The first-order valence-corrected chi connectivity index (χ1v) is 8.12. The molecule has 0 spiro atoms. The van der Waals surface area contributed by atoms with E-state index in [-0.39, 0.29) is 35.8 Å². The Labute approximate surface area is 139 Å². The predicted octanol–water partition coefficient (Wildman–Crippen LogP) is 3.11. The van der Waals surface area contributed by atoms with Crippen molar-refractivity contribution in [3.63, 3.8) is 0 Å². The summed E-state index contributed by atoms with van der Waals surface area (Å²) in [5, 5.41) is 5.79. The molecule has 134 valence electrons. The Hall–Kier alpha value is -1.76. The second-order valence-electron chi connectivity index (χ2n) is 6.23. The Morgan fingerprint density at radius 1 is 1.33 bits per heavy atom. The third kappa shape index (κ3) is 5.12. The van der Waals surface area contributed by atoms with E-state index < -0.39 is 11.7 Å². The van der Waals surface area contributed by atoms with Crippen molar-refractivity contribution in [2.75, 3.05) is 13.1 Å². The molecule has 0 radical (unpaired) electrons. The SMILES string of the molecule is CC(C)Oc1ccc(CNC(=O)C2CCNCC2)c(C(F)(F)F)c1. The molecule has 1 saturated heterocycles. The Kier molecular flexibility index (Phi) is 6.10. The Bertz CT molecular complexity index is 567. The molecule has 0 unspecified atom stereocenters. The van der Waals surface area contributed by atoms with Crippen LogP contribution in [-0.2, 0) is 17.5 Å². The average Bonchev–Trinajstić information content (AvgIpc) is 2.52. The molecule has 0 atom stereocenters. The summed E-state index contributed by atoms with van der Waals surface area (Å²) in [6.07, 6.45) is -3.29. The van der Waals surface area contributed by atoms with Crippen molar-refractivity contribution >= 4 is 5.91 Å². The second-order valence-corrected chi connectivity index (χ2v) is 6.23. The van der Waals surface area contributed by atoms with E-state index in [2.05, 4.69) is 10.6 Å². The average molecular weight is 344 g/mol. The van der Waals surface area contributed by atoms with Crippen LogP contribution in [0.4, 0.5) is 13.2 Å². The Morgan fingerprint density at radius 3 is 2.58 bits per heavy atom. The van der Waals surface area contributed by atoms with E-state index in [4.69, 9.17) is 4.74 Å². The first-order valence-electron chi connectivity index (χ1n) is 8.12. The van der Waals surface area contributed by atoms with Crippen molar-refractivity contribution in [1.29, 1.82) is 0 Å². The number of ether oxygens (including phenoxy) is 1. The number of carbonyl (C=O) groups excluding carboxylic acids is 1. The lowest BCUT2D eigenvalue weighted by Gasteiger charge is -2.22. The maximum atomic E-state index is 13.3. The summed E-state index contributed by atoms with van der Waals surface area (Å²) < 4.78 is 45.1. The number of benzene rings is 1. The van der Waals surface area contributed by atoms with Gasteiger partial charge < -0.3 is 15.4 Å². The van der Waals surface area contributed by atoms with Crippen LogP contribution < -0.4 is 15.4 Å².